The fourth-order valence-corrected chi connectivity index (χ4v) is 1.63. The molecule has 0 heterocycles. The van der Waals surface area contributed by atoms with Crippen LogP contribution in [0.3, 0.4) is 0 Å². The number of hydrogen-bond donors (Lipinski definition) is 1. The van der Waals surface area contributed by atoms with Gasteiger partial charge in [0.15, 0.2) is 5.78 Å². The summed E-state index contributed by atoms with van der Waals surface area (Å²) in [6, 6.07) is 0. The van der Waals surface area contributed by atoms with Gasteiger partial charge < -0.3 is 15.2 Å². The Bertz CT molecular complexity index is 397. The molecule has 120 valence electrons. The van der Waals surface area contributed by atoms with Crippen LogP contribution in [0, 0.1) is 6.57 Å². The van der Waals surface area contributed by atoms with Gasteiger partial charge in [-0.15, -0.1) is 0 Å². The Morgan fingerprint density at radius 2 is 1.81 bits per heavy atom. The molecule has 0 rings (SSSR count). The van der Waals surface area contributed by atoms with Crippen molar-refractivity contribution in [3.8, 4) is 6.57 Å². The maximum absolute atomic E-state index is 11.8. The van der Waals surface area contributed by atoms with Crippen LogP contribution in [0.5, 0.6) is 0 Å². The second-order valence-electron chi connectivity index (χ2n) is 5.96. The minimum Gasteiger partial charge on any atom is -0.459 e. The average Bonchev–Trinajstić information content (AvgIpc) is 2.35. The predicted octanol–water partition coefficient (Wildman–Crippen LogP) is 1.76. The zero-order valence-corrected chi connectivity index (χ0v) is 13.5. The van der Waals surface area contributed by atoms with Gasteiger partial charge in [0.05, 0.1) is 6.61 Å². The molecule has 0 aliphatic heterocycles. The molecule has 0 aromatic rings. The average molecular weight is 299 g/mol. The third kappa shape index (κ3) is 8.43. The minimum atomic E-state index is -0.877. The van der Waals surface area contributed by atoms with Crippen LogP contribution in [0.15, 0.2) is 0 Å². The van der Waals surface area contributed by atoms with Crippen molar-refractivity contribution in [1.82, 2.24) is 0 Å². The summed E-state index contributed by atoms with van der Waals surface area (Å²) >= 11 is 0. The highest BCUT2D eigenvalue weighted by atomic mass is 16.6. The number of rotatable bonds is 10. The highest BCUT2D eigenvalue weighted by Gasteiger charge is 2.29. The Morgan fingerprint density at radius 1 is 1.19 bits per heavy atom. The lowest BCUT2D eigenvalue weighted by atomic mass is 10.00. The van der Waals surface area contributed by atoms with Crippen LogP contribution in [0.2, 0.25) is 0 Å². The zero-order valence-electron chi connectivity index (χ0n) is 13.5. The number of carbonyl (C=O) groups excluding carboxylic acids is 2. The van der Waals surface area contributed by atoms with E-state index in [0.717, 1.165) is 0 Å². The minimum absolute atomic E-state index is 0.0376. The van der Waals surface area contributed by atoms with Crippen LogP contribution >= 0.6 is 0 Å². The van der Waals surface area contributed by atoms with Crippen molar-refractivity contribution in [1.29, 1.82) is 0 Å². The van der Waals surface area contributed by atoms with Crippen molar-refractivity contribution in [2.45, 2.75) is 58.2 Å². The molecule has 0 aromatic heterocycles. The van der Waals surface area contributed by atoms with Crippen molar-refractivity contribution in [2.75, 3.05) is 19.7 Å². The highest BCUT2D eigenvalue weighted by Crippen LogP contribution is 2.19. The number of esters is 1. The fraction of sp³-hybridized carbons (Fsp3) is 0.800. The van der Waals surface area contributed by atoms with Crippen molar-refractivity contribution in [3.63, 3.8) is 0 Å². The van der Waals surface area contributed by atoms with Crippen LogP contribution in [0.4, 0.5) is 0 Å². The summed E-state index contributed by atoms with van der Waals surface area (Å²) in [6.07, 6.45) is 0.924. The van der Waals surface area contributed by atoms with Crippen molar-refractivity contribution < 1.29 is 19.1 Å². The Balaban J connectivity index is 4.22. The molecule has 0 radical (unpaired) electrons. The second kappa shape index (κ2) is 8.75. The summed E-state index contributed by atoms with van der Waals surface area (Å²) in [7, 11) is 0. The molecule has 0 aliphatic rings. The number of Topliss-reactive ketones (excluding diaryl/α,β-unsaturated/α-hetero) is 1. The first-order valence-corrected chi connectivity index (χ1v) is 7.10. The van der Waals surface area contributed by atoms with E-state index in [2.05, 4.69) is 4.85 Å². The van der Waals surface area contributed by atoms with E-state index in [0.29, 0.717) is 19.6 Å². The Labute approximate surface area is 126 Å². The van der Waals surface area contributed by atoms with E-state index in [1.807, 2.05) is 0 Å². The lowest BCUT2D eigenvalue weighted by molar-refractivity contribution is -0.160. The molecule has 2 N–H and O–H groups in total. The monoisotopic (exact) mass is 299 g/mol. The van der Waals surface area contributed by atoms with Crippen LogP contribution in [0.25, 0.3) is 4.85 Å². The van der Waals surface area contributed by atoms with Gasteiger partial charge in [-0.25, -0.2) is 0 Å². The first-order chi connectivity index (χ1) is 9.64. The van der Waals surface area contributed by atoms with E-state index in [4.69, 9.17) is 21.8 Å². The van der Waals surface area contributed by atoms with Crippen LogP contribution in [-0.4, -0.2) is 42.7 Å². The maximum atomic E-state index is 11.8. The molecule has 0 atom stereocenters. The molecule has 0 saturated heterocycles. The number of carbonyl (C=O) groups is 2. The van der Waals surface area contributed by atoms with E-state index in [1.54, 1.807) is 27.7 Å². The van der Waals surface area contributed by atoms with Gasteiger partial charge in [-0.3, -0.25) is 9.59 Å². The van der Waals surface area contributed by atoms with E-state index >= 15 is 0 Å². The Hall–Kier alpha value is -1.45. The number of ether oxygens (including phenoxy) is 2. The number of hydrogen-bond acceptors (Lipinski definition) is 5. The molecule has 6 nitrogen and oxygen atoms in total. The quantitative estimate of drug-likeness (QED) is 0.622. The van der Waals surface area contributed by atoms with E-state index in [9.17, 15) is 9.59 Å². The summed E-state index contributed by atoms with van der Waals surface area (Å²) in [5, 5.41) is 0. The molecule has 0 spiro atoms. The molecule has 0 saturated carbocycles. The zero-order chi connectivity index (χ0) is 16.5. The smallest absolute Gasteiger partial charge is 0.314 e. The molecule has 0 unspecified atom stereocenters. The number of nitrogens with zero attached hydrogens (tertiary/aromatic N) is 1. The SMILES string of the molecule is C#[N+]CCC(=O)OC(C)(C)CCOC(C)(C)C(=O)CCN. The molecule has 21 heavy (non-hydrogen) atoms. The first kappa shape index (κ1) is 19.6. The first-order valence-electron chi connectivity index (χ1n) is 7.10. The third-order valence-corrected chi connectivity index (χ3v) is 3.05. The van der Waals surface area contributed by atoms with Gasteiger partial charge in [-0.05, 0) is 34.2 Å². The standard InChI is InChI=1S/C15H27N2O4/c1-14(2,21-13(19)7-10-17-5)8-11-20-15(3,4)12(18)6-9-16/h5H,6-11,16H2,1-4H3/q+1. The Morgan fingerprint density at radius 3 is 2.33 bits per heavy atom. The van der Waals surface area contributed by atoms with Gasteiger partial charge in [0, 0.05) is 12.8 Å². The summed E-state index contributed by atoms with van der Waals surface area (Å²) < 4.78 is 10.9. The van der Waals surface area contributed by atoms with Crippen molar-refractivity contribution in [2.24, 2.45) is 5.73 Å². The van der Waals surface area contributed by atoms with Crippen molar-refractivity contribution in [3.05, 3.63) is 4.85 Å². The molecular formula is C15H27N2O4+. The molecule has 0 amide bonds. The van der Waals surface area contributed by atoms with E-state index < -0.39 is 11.2 Å². The third-order valence-electron chi connectivity index (χ3n) is 3.05. The molecule has 0 bridgehead atoms. The number of nitrogens with two attached hydrogens (primary N) is 1. The summed E-state index contributed by atoms with van der Waals surface area (Å²) in [6.45, 7) is 12.9. The largest absolute Gasteiger partial charge is 0.459 e. The normalized spacial score (nSPS) is 11.8. The Kier molecular flexibility index (Phi) is 8.15. The van der Waals surface area contributed by atoms with Gasteiger partial charge >= 0.3 is 5.97 Å². The molecule has 0 aromatic carbocycles. The van der Waals surface area contributed by atoms with Gasteiger partial charge in [0.2, 0.25) is 0 Å². The predicted molar refractivity (Wildman–Crippen MR) is 81.3 cm³/mol. The fourth-order valence-electron chi connectivity index (χ4n) is 1.63. The second-order valence-corrected chi connectivity index (χ2v) is 5.96. The lowest BCUT2D eigenvalue weighted by Crippen LogP contribution is -2.38. The van der Waals surface area contributed by atoms with Gasteiger partial charge in [-0.2, -0.15) is 0 Å². The molecule has 0 fully saturated rings. The van der Waals surface area contributed by atoms with Crippen LogP contribution < -0.4 is 5.73 Å². The lowest BCUT2D eigenvalue weighted by Gasteiger charge is -2.28. The summed E-state index contributed by atoms with van der Waals surface area (Å²) in [5.74, 6) is -0.392. The van der Waals surface area contributed by atoms with Gasteiger partial charge in [-0.1, -0.05) is 4.85 Å². The van der Waals surface area contributed by atoms with Gasteiger partial charge in [0.1, 0.15) is 17.6 Å². The van der Waals surface area contributed by atoms with Crippen LogP contribution in [-0.2, 0) is 19.1 Å². The van der Waals surface area contributed by atoms with Crippen molar-refractivity contribution >= 4 is 11.8 Å². The highest BCUT2D eigenvalue weighted by molar-refractivity contribution is 5.86. The maximum Gasteiger partial charge on any atom is 0.314 e. The molecule has 6 heteroatoms. The van der Waals surface area contributed by atoms with Gasteiger partial charge in [0.25, 0.3) is 13.1 Å². The number of ketones is 1. The van der Waals surface area contributed by atoms with E-state index in [-0.39, 0.29) is 31.1 Å². The topological polar surface area (TPSA) is 83.0 Å². The summed E-state index contributed by atoms with van der Waals surface area (Å²) in [4.78, 5) is 26.7. The molecular weight excluding hydrogens is 272 g/mol. The molecule has 0 aliphatic carbocycles. The summed E-state index contributed by atoms with van der Waals surface area (Å²) in [5.41, 5.74) is 3.82. The van der Waals surface area contributed by atoms with Crippen LogP contribution in [0.1, 0.15) is 47.0 Å². The van der Waals surface area contributed by atoms with E-state index in [1.165, 1.54) is 0 Å².